The van der Waals surface area contributed by atoms with Crippen LogP contribution >= 0.6 is 0 Å². The van der Waals surface area contributed by atoms with Gasteiger partial charge in [0.2, 0.25) is 5.82 Å². The van der Waals surface area contributed by atoms with Crippen molar-refractivity contribution in [2.45, 2.75) is 6.92 Å². The molecular formula is C6H8N6. The molecule has 1 N–H and O–H groups in total. The molecule has 0 bridgehead atoms. The molecule has 12 heavy (non-hydrogen) atoms. The molecule has 0 aliphatic heterocycles. The zero-order valence-corrected chi connectivity index (χ0v) is 6.81. The molecule has 0 amide bonds. The fourth-order valence-electron chi connectivity index (χ4n) is 0.906. The Morgan fingerprint density at radius 2 is 2.33 bits per heavy atom. The average molecular weight is 164 g/mol. The molecule has 62 valence electrons. The van der Waals surface area contributed by atoms with Gasteiger partial charge in [-0.1, -0.05) is 0 Å². The van der Waals surface area contributed by atoms with E-state index >= 15 is 0 Å². The zero-order chi connectivity index (χ0) is 8.55. The van der Waals surface area contributed by atoms with E-state index in [9.17, 15) is 0 Å². The van der Waals surface area contributed by atoms with Gasteiger partial charge in [-0.3, -0.25) is 5.10 Å². The van der Waals surface area contributed by atoms with Crippen LogP contribution in [-0.4, -0.2) is 30.2 Å². The molecular weight excluding hydrogens is 156 g/mol. The van der Waals surface area contributed by atoms with Gasteiger partial charge in [0.25, 0.3) is 0 Å². The molecule has 0 fully saturated rings. The first-order valence-electron chi connectivity index (χ1n) is 3.51. The summed E-state index contributed by atoms with van der Waals surface area (Å²) in [5, 5.41) is 14.7. The average Bonchev–Trinajstić information content (AvgIpc) is 2.58. The lowest BCUT2D eigenvalue weighted by Gasteiger charge is -1.82. The monoisotopic (exact) mass is 164 g/mol. The fraction of sp³-hybridized carbons (Fsp3) is 0.333. The lowest BCUT2D eigenvalue weighted by molar-refractivity contribution is 0.655. The van der Waals surface area contributed by atoms with Crippen molar-refractivity contribution in [2.24, 2.45) is 7.05 Å². The Labute approximate surface area is 68.6 Å². The van der Waals surface area contributed by atoms with Gasteiger partial charge in [-0.25, -0.2) is 4.98 Å². The molecule has 0 aliphatic rings. The fourth-order valence-corrected chi connectivity index (χ4v) is 0.906. The standard InChI is InChI=1S/C6H8N6/c1-4-8-6(10-9-4)5-3-7-12(2)11-5/h3H,1-2H3,(H,8,9,10). The summed E-state index contributed by atoms with van der Waals surface area (Å²) in [4.78, 5) is 5.58. The van der Waals surface area contributed by atoms with E-state index in [1.807, 2.05) is 6.92 Å². The van der Waals surface area contributed by atoms with E-state index in [-0.39, 0.29) is 0 Å². The van der Waals surface area contributed by atoms with Crippen LogP contribution in [0.1, 0.15) is 5.82 Å². The van der Waals surface area contributed by atoms with Crippen molar-refractivity contribution in [1.29, 1.82) is 0 Å². The highest BCUT2D eigenvalue weighted by Crippen LogP contribution is 2.07. The van der Waals surface area contributed by atoms with E-state index in [2.05, 4.69) is 25.4 Å². The van der Waals surface area contributed by atoms with Gasteiger partial charge in [0, 0.05) is 7.05 Å². The molecule has 2 heterocycles. The molecule has 0 radical (unpaired) electrons. The summed E-state index contributed by atoms with van der Waals surface area (Å²) in [7, 11) is 1.75. The molecule has 2 aromatic rings. The predicted octanol–water partition coefficient (Wildman–Crippen LogP) is -0.0914. The Balaban J connectivity index is 2.43. The summed E-state index contributed by atoms with van der Waals surface area (Å²) >= 11 is 0. The number of aromatic amines is 1. The number of hydrogen-bond acceptors (Lipinski definition) is 4. The molecule has 0 spiro atoms. The van der Waals surface area contributed by atoms with Crippen LogP contribution in [0.25, 0.3) is 11.5 Å². The third-order valence-electron chi connectivity index (χ3n) is 1.43. The van der Waals surface area contributed by atoms with Crippen molar-refractivity contribution >= 4 is 0 Å². The van der Waals surface area contributed by atoms with Gasteiger partial charge >= 0.3 is 0 Å². The normalized spacial score (nSPS) is 10.5. The van der Waals surface area contributed by atoms with Crippen molar-refractivity contribution in [1.82, 2.24) is 30.2 Å². The van der Waals surface area contributed by atoms with Gasteiger partial charge in [-0.05, 0) is 6.92 Å². The molecule has 0 aliphatic carbocycles. The summed E-state index contributed by atoms with van der Waals surface area (Å²) in [6.45, 7) is 1.84. The van der Waals surface area contributed by atoms with Crippen molar-refractivity contribution in [3.05, 3.63) is 12.0 Å². The maximum Gasteiger partial charge on any atom is 0.203 e. The van der Waals surface area contributed by atoms with Crippen LogP contribution in [0.15, 0.2) is 6.20 Å². The first-order valence-corrected chi connectivity index (χ1v) is 3.51. The largest absolute Gasteiger partial charge is 0.263 e. The smallest absolute Gasteiger partial charge is 0.203 e. The lowest BCUT2D eigenvalue weighted by atomic mass is 10.5. The summed E-state index contributed by atoms with van der Waals surface area (Å²) in [5.74, 6) is 1.36. The molecule has 2 aromatic heterocycles. The molecule has 6 nitrogen and oxygen atoms in total. The van der Waals surface area contributed by atoms with Gasteiger partial charge < -0.3 is 0 Å². The highest BCUT2D eigenvalue weighted by molar-refractivity contribution is 5.45. The van der Waals surface area contributed by atoms with Gasteiger partial charge in [0.1, 0.15) is 5.82 Å². The molecule has 0 unspecified atom stereocenters. The quantitative estimate of drug-likeness (QED) is 0.639. The highest BCUT2D eigenvalue weighted by Gasteiger charge is 2.06. The number of nitrogens with one attached hydrogen (secondary N) is 1. The minimum absolute atomic E-state index is 0.584. The van der Waals surface area contributed by atoms with E-state index in [0.717, 1.165) is 5.82 Å². The maximum absolute atomic E-state index is 4.11. The van der Waals surface area contributed by atoms with Crippen LogP contribution in [0, 0.1) is 6.92 Å². The second-order valence-electron chi connectivity index (χ2n) is 2.46. The Morgan fingerprint density at radius 1 is 1.50 bits per heavy atom. The number of hydrogen-bond donors (Lipinski definition) is 1. The summed E-state index contributed by atoms with van der Waals surface area (Å²) in [5.41, 5.74) is 0.682. The third-order valence-corrected chi connectivity index (χ3v) is 1.43. The van der Waals surface area contributed by atoms with Crippen molar-refractivity contribution in [3.8, 4) is 11.5 Å². The second kappa shape index (κ2) is 2.40. The zero-order valence-electron chi connectivity index (χ0n) is 6.81. The molecule has 2 rings (SSSR count). The topological polar surface area (TPSA) is 72.3 Å². The molecule has 0 atom stereocenters. The second-order valence-corrected chi connectivity index (χ2v) is 2.46. The molecule has 6 heteroatoms. The first-order chi connectivity index (χ1) is 5.75. The van der Waals surface area contributed by atoms with Gasteiger partial charge in [0.15, 0.2) is 5.69 Å². The van der Waals surface area contributed by atoms with Crippen LogP contribution in [0.3, 0.4) is 0 Å². The van der Waals surface area contributed by atoms with Crippen LogP contribution in [-0.2, 0) is 7.05 Å². The third kappa shape index (κ3) is 1.07. The Bertz CT molecular complexity index is 348. The Hall–Kier alpha value is -1.72. The summed E-state index contributed by atoms with van der Waals surface area (Å²) in [6.07, 6.45) is 1.63. The van der Waals surface area contributed by atoms with Crippen LogP contribution in [0.5, 0.6) is 0 Å². The molecule has 0 saturated carbocycles. The number of aromatic nitrogens is 6. The van der Waals surface area contributed by atoms with Crippen molar-refractivity contribution in [2.75, 3.05) is 0 Å². The van der Waals surface area contributed by atoms with E-state index < -0.39 is 0 Å². The molecule has 0 saturated heterocycles. The van der Waals surface area contributed by atoms with E-state index in [1.54, 1.807) is 13.2 Å². The lowest BCUT2D eigenvalue weighted by Crippen LogP contribution is -1.92. The van der Waals surface area contributed by atoms with E-state index in [4.69, 9.17) is 0 Å². The van der Waals surface area contributed by atoms with Crippen LogP contribution < -0.4 is 0 Å². The summed E-state index contributed by atoms with van der Waals surface area (Å²) in [6, 6.07) is 0. The SMILES string of the molecule is Cc1nc(-c2cnn(C)n2)n[nH]1. The first kappa shape index (κ1) is 6.96. The van der Waals surface area contributed by atoms with Crippen LogP contribution in [0.4, 0.5) is 0 Å². The predicted molar refractivity (Wildman–Crippen MR) is 41.1 cm³/mol. The number of nitrogens with zero attached hydrogens (tertiary/aromatic N) is 5. The Kier molecular flexibility index (Phi) is 1.39. The summed E-state index contributed by atoms with van der Waals surface area (Å²) < 4.78 is 0. The van der Waals surface area contributed by atoms with Gasteiger partial charge in [0.05, 0.1) is 6.20 Å². The number of aryl methyl sites for hydroxylation is 2. The molecule has 0 aromatic carbocycles. The Morgan fingerprint density at radius 3 is 2.83 bits per heavy atom. The van der Waals surface area contributed by atoms with E-state index in [1.165, 1.54) is 4.80 Å². The van der Waals surface area contributed by atoms with E-state index in [0.29, 0.717) is 11.5 Å². The number of H-pyrrole nitrogens is 1. The maximum atomic E-state index is 4.11. The van der Waals surface area contributed by atoms with Crippen LogP contribution in [0.2, 0.25) is 0 Å². The highest BCUT2D eigenvalue weighted by atomic mass is 15.5. The van der Waals surface area contributed by atoms with Gasteiger partial charge in [-0.15, -0.1) is 0 Å². The minimum Gasteiger partial charge on any atom is -0.263 e. The van der Waals surface area contributed by atoms with Crippen molar-refractivity contribution in [3.63, 3.8) is 0 Å². The minimum atomic E-state index is 0.584. The van der Waals surface area contributed by atoms with Gasteiger partial charge in [-0.2, -0.15) is 20.1 Å². The number of rotatable bonds is 1. The van der Waals surface area contributed by atoms with Crippen molar-refractivity contribution < 1.29 is 0 Å².